The smallest absolute Gasteiger partial charge is 0.282 e. The molecule has 0 aliphatic rings. The fourth-order valence-corrected chi connectivity index (χ4v) is 1.32. The Hall–Kier alpha value is -2.29. The van der Waals surface area contributed by atoms with Crippen LogP contribution in [0.3, 0.4) is 0 Å². The maximum atomic E-state index is 10.9. The van der Waals surface area contributed by atoms with Crippen LogP contribution in [-0.4, -0.2) is 34.8 Å². The number of amidine groups is 1. The predicted octanol–water partition coefficient (Wildman–Crippen LogP) is 1.32. The van der Waals surface area contributed by atoms with Crippen LogP contribution in [0.2, 0.25) is 0 Å². The zero-order valence-corrected chi connectivity index (χ0v) is 11.0. The highest BCUT2D eigenvalue weighted by Gasteiger charge is 2.17. The van der Waals surface area contributed by atoms with E-state index in [0.717, 1.165) is 12.3 Å². The van der Waals surface area contributed by atoms with Crippen molar-refractivity contribution >= 4 is 28.8 Å². The minimum atomic E-state index is -0.606. The van der Waals surface area contributed by atoms with Gasteiger partial charge in [0.25, 0.3) is 5.69 Å². The van der Waals surface area contributed by atoms with Crippen molar-refractivity contribution in [3.05, 3.63) is 27.8 Å². The highest BCUT2D eigenvalue weighted by molar-refractivity contribution is 8.13. The molecule has 0 atom stereocenters. The van der Waals surface area contributed by atoms with Gasteiger partial charge in [-0.3, -0.25) is 10.1 Å². The molecule has 8 nitrogen and oxygen atoms in total. The van der Waals surface area contributed by atoms with Gasteiger partial charge in [-0.1, -0.05) is 11.8 Å². The summed E-state index contributed by atoms with van der Waals surface area (Å²) in [4.78, 5) is 10.3. The van der Waals surface area contributed by atoms with Crippen molar-refractivity contribution in [2.24, 2.45) is 15.9 Å². The van der Waals surface area contributed by atoms with Crippen molar-refractivity contribution in [3.63, 3.8) is 0 Å². The first kappa shape index (κ1) is 14.8. The molecule has 0 saturated carbocycles. The third kappa shape index (κ3) is 3.85. The van der Waals surface area contributed by atoms with Crippen molar-refractivity contribution in [2.45, 2.75) is 0 Å². The second-order valence-corrected chi connectivity index (χ2v) is 4.05. The van der Waals surface area contributed by atoms with Gasteiger partial charge in [-0.15, -0.1) is 5.10 Å². The summed E-state index contributed by atoms with van der Waals surface area (Å²) >= 11 is 1.19. The molecule has 3 N–H and O–H groups in total. The van der Waals surface area contributed by atoms with E-state index < -0.39 is 4.92 Å². The summed E-state index contributed by atoms with van der Waals surface area (Å²) in [5, 5.41) is 27.9. The van der Waals surface area contributed by atoms with E-state index in [9.17, 15) is 15.2 Å². The largest absolute Gasteiger partial charge is 0.504 e. The van der Waals surface area contributed by atoms with Crippen LogP contribution in [0.25, 0.3) is 0 Å². The molecule has 1 rings (SSSR count). The van der Waals surface area contributed by atoms with E-state index in [1.54, 1.807) is 6.26 Å². The Morgan fingerprint density at radius 1 is 1.63 bits per heavy atom. The van der Waals surface area contributed by atoms with Gasteiger partial charge >= 0.3 is 0 Å². The van der Waals surface area contributed by atoms with Crippen molar-refractivity contribution in [2.75, 3.05) is 13.4 Å². The molecule has 19 heavy (non-hydrogen) atoms. The highest BCUT2D eigenvalue weighted by atomic mass is 32.2. The fourth-order valence-electron chi connectivity index (χ4n) is 1.19. The number of hydrogen-bond donors (Lipinski definition) is 2. The Kier molecular flexibility index (Phi) is 5.12. The number of phenols is 1. The molecule has 0 amide bonds. The Labute approximate surface area is 113 Å². The summed E-state index contributed by atoms with van der Waals surface area (Å²) in [5.74, 6) is -0.215. The number of phenolic OH excluding ortho intramolecular Hbond substituents is 1. The summed E-state index contributed by atoms with van der Waals surface area (Å²) in [5.41, 5.74) is 5.25. The van der Waals surface area contributed by atoms with Gasteiger partial charge in [0.2, 0.25) is 0 Å². The zero-order valence-electron chi connectivity index (χ0n) is 10.2. The summed E-state index contributed by atoms with van der Waals surface area (Å²) in [6, 6.07) is 2.28. The second-order valence-electron chi connectivity index (χ2n) is 3.23. The summed E-state index contributed by atoms with van der Waals surface area (Å²) in [6.45, 7) is 0. The molecule has 0 aliphatic carbocycles. The Morgan fingerprint density at radius 3 is 2.84 bits per heavy atom. The summed E-state index contributed by atoms with van der Waals surface area (Å²) < 4.78 is 4.80. The highest BCUT2D eigenvalue weighted by Crippen LogP contribution is 2.32. The zero-order chi connectivity index (χ0) is 14.4. The number of hydrogen-bond acceptors (Lipinski definition) is 7. The Morgan fingerprint density at radius 2 is 2.32 bits per heavy atom. The Bertz CT molecular complexity index is 545. The van der Waals surface area contributed by atoms with E-state index in [1.807, 2.05) is 0 Å². The van der Waals surface area contributed by atoms with Gasteiger partial charge in [-0.2, -0.15) is 5.10 Å². The molecule has 0 aliphatic heterocycles. The van der Waals surface area contributed by atoms with E-state index in [-0.39, 0.29) is 27.9 Å². The molecule has 0 aromatic heterocycles. The predicted molar refractivity (Wildman–Crippen MR) is 74.0 cm³/mol. The van der Waals surface area contributed by atoms with E-state index in [0.29, 0.717) is 0 Å². The van der Waals surface area contributed by atoms with E-state index in [1.165, 1.54) is 24.9 Å². The molecule has 0 radical (unpaired) electrons. The van der Waals surface area contributed by atoms with Crippen LogP contribution in [0.15, 0.2) is 22.3 Å². The molecular weight excluding hydrogens is 272 g/mol. The van der Waals surface area contributed by atoms with Gasteiger partial charge in [-0.25, -0.2) is 0 Å². The summed E-state index contributed by atoms with van der Waals surface area (Å²) in [6.07, 6.45) is 2.86. The van der Waals surface area contributed by atoms with Crippen LogP contribution in [0.1, 0.15) is 5.56 Å². The van der Waals surface area contributed by atoms with Crippen molar-refractivity contribution in [1.82, 2.24) is 0 Å². The van der Waals surface area contributed by atoms with Crippen LogP contribution in [-0.2, 0) is 0 Å². The standard InChI is InChI=1S/C10H12N4O4S/c1-18-9-4-7(14(16)17)6(3-8(9)15)5-12-13-10(11)19-2/h3-5,15H,1-2H3,(H2,11,13)/b12-5-. The maximum absolute atomic E-state index is 10.9. The van der Waals surface area contributed by atoms with Gasteiger partial charge < -0.3 is 15.6 Å². The van der Waals surface area contributed by atoms with Crippen molar-refractivity contribution < 1.29 is 14.8 Å². The molecule has 0 saturated heterocycles. The third-order valence-electron chi connectivity index (χ3n) is 2.09. The van der Waals surface area contributed by atoms with Gasteiger partial charge in [0, 0.05) is 0 Å². The average molecular weight is 284 g/mol. The van der Waals surface area contributed by atoms with E-state index in [2.05, 4.69) is 10.2 Å². The molecular formula is C10H12N4O4S. The molecule has 0 spiro atoms. The fraction of sp³-hybridized carbons (Fsp3) is 0.200. The molecule has 102 valence electrons. The molecule has 0 bridgehead atoms. The minimum absolute atomic E-state index is 0.0102. The number of rotatable bonds is 4. The first-order valence-corrected chi connectivity index (χ1v) is 6.18. The molecule has 0 heterocycles. The number of benzene rings is 1. The number of thioether (sulfide) groups is 1. The molecule has 9 heteroatoms. The number of nitro groups is 1. The summed E-state index contributed by atoms with van der Waals surface area (Å²) in [7, 11) is 1.30. The van der Waals surface area contributed by atoms with Gasteiger partial charge in [0.05, 0.1) is 29.9 Å². The number of ether oxygens (including phenoxy) is 1. The quantitative estimate of drug-likeness (QED) is 0.372. The first-order chi connectivity index (χ1) is 8.99. The van der Waals surface area contributed by atoms with Crippen molar-refractivity contribution in [3.8, 4) is 11.5 Å². The number of nitro benzene ring substituents is 1. The van der Waals surface area contributed by atoms with E-state index >= 15 is 0 Å². The monoisotopic (exact) mass is 284 g/mol. The molecule has 0 fully saturated rings. The lowest BCUT2D eigenvalue weighted by molar-refractivity contribution is -0.385. The second kappa shape index (κ2) is 6.59. The minimum Gasteiger partial charge on any atom is -0.504 e. The van der Waals surface area contributed by atoms with Crippen LogP contribution < -0.4 is 10.5 Å². The maximum Gasteiger partial charge on any atom is 0.282 e. The van der Waals surface area contributed by atoms with Crippen LogP contribution in [0.4, 0.5) is 5.69 Å². The topological polar surface area (TPSA) is 123 Å². The number of aromatic hydroxyl groups is 1. The number of nitrogens with two attached hydrogens (primary N) is 1. The van der Waals surface area contributed by atoms with Crippen LogP contribution >= 0.6 is 11.8 Å². The number of methoxy groups -OCH3 is 1. The Balaban J connectivity index is 3.19. The normalized spacial score (nSPS) is 11.8. The lowest BCUT2D eigenvalue weighted by atomic mass is 10.1. The van der Waals surface area contributed by atoms with Gasteiger partial charge in [-0.05, 0) is 12.3 Å². The lowest BCUT2D eigenvalue weighted by Gasteiger charge is -2.04. The first-order valence-electron chi connectivity index (χ1n) is 4.95. The SMILES string of the molecule is COc1cc([N+](=O)[O-])c(/C=N\N=C(/N)SC)cc1O. The number of nitrogens with zero attached hydrogens (tertiary/aromatic N) is 3. The van der Waals surface area contributed by atoms with Crippen LogP contribution in [0, 0.1) is 10.1 Å². The average Bonchev–Trinajstić information content (AvgIpc) is 2.38. The third-order valence-corrected chi connectivity index (χ3v) is 2.59. The molecule has 0 unspecified atom stereocenters. The van der Waals surface area contributed by atoms with Crippen molar-refractivity contribution in [1.29, 1.82) is 0 Å². The molecule has 1 aromatic rings. The van der Waals surface area contributed by atoms with Gasteiger partial charge in [0.15, 0.2) is 16.7 Å². The van der Waals surface area contributed by atoms with Crippen LogP contribution in [0.5, 0.6) is 11.5 Å². The molecule has 1 aromatic carbocycles. The van der Waals surface area contributed by atoms with Gasteiger partial charge in [0.1, 0.15) is 0 Å². The lowest BCUT2D eigenvalue weighted by Crippen LogP contribution is -2.04. The van der Waals surface area contributed by atoms with E-state index in [4.69, 9.17) is 10.5 Å².